The molecule has 0 spiro atoms. The molecule has 2 aromatic carbocycles. The Bertz CT molecular complexity index is 1020. The topological polar surface area (TPSA) is 60.6 Å². The average Bonchev–Trinajstić information content (AvgIpc) is 3.43. The minimum Gasteiger partial charge on any atom is -0.489 e. The molecule has 0 bridgehead atoms. The number of ether oxygens (including phenoxy) is 1. The van der Waals surface area contributed by atoms with Gasteiger partial charge in [0.25, 0.3) is 0 Å². The van der Waals surface area contributed by atoms with E-state index in [4.69, 9.17) is 4.74 Å². The number of nitrogens with one attached hydrogen (secondary N) is 2. The number of carbonyl (C=O) groups excluding carboxylic acids is 1. The lowest BCUT2D eigenvalue weighted by atomic mass is 10.0. The number of carbonyl (C=O) groups is 1. The van der Waals surface area contributed by atoms with Crippen LogP contribution in [0.25, 0.3) is 10.9 Å². The Balaban J connectivity index is 1.16. The van der Waals surface area contributed by atoms with E-state index in [0.29, 0.717) is 12.6 Å². The third-order valence-corrected chi connectivity index (χ3v) is 6.57. The van der Waals surface area contributed by atoms with Crippen LogP contribution in [-0.4, -0.2) is 59.6 Å². The fourth-order valence-corrected chi connectivity index (χ4v) is 4.76. The van der Waals surface area contributed by atoms with Crippen molar-refractivity contribution in [2.75, 3.05) is 32.7 Å². The molecule has 2 saturated heterocycles. The van der Waals surface area contributed by atoms with Gasteiger partial charge in [-0.15, -0.1) is 0 Å². The molecule has 6 heteroatoms. The molecule has 2 N–H and O–H groups in total. The van der Waals surface area contributed by atoms with E-state index in [1.54, 1.807) is 0 Å². The van der Waals surface area contributed by atoms with E-state index in [0.717, 1.165) is 63.3 Å². The van der Waals surface area contributed by atoms with Gasteiger partial charge in [-0.2, -0.15) is 0 Å². The van der Waals surface area contributed by atoms with Gasteiger partial charge in [-0.05, 0) is 48.6 Å². The highest BCUT2D eigenvalue weighted by molar-refractivity contribution is 5.84. The second-order valence-corrected chi connectivity index (χ2v) is 8.54. The number of H-pyrrole nitrogens is 1. The smallest absolute Gasteiger partial charge is 0.317 e. The van der Waals surface area contributed by atoms with Crippen molar-refractivity contribution < 1.29 is 9.53 Å². The predicted octanol–water partition coefficient (Wildman–Crippen LogP) is 3.78. The van der Waals surface area contributed by atoms with Gasteiger partial charge in [-0.1, -0.05) is 30.3 Å². The van der Waals surface area contributed by atoms with Gasteiger partial charge in [0, 0.05) is 55.9 Å². The summed E-state index contributed by atoms with van der Waals surface area (Å²) >= 11 is 0. The van der Waals surface area contributed by atoms with Gasteiger partial charge in [0.1, 0.15) is 12.4 Å². The van der Waals surface area contributed by atoms with Gasteiger partial charge >= 0.3 is 6.03 Å². The molecule has 5 rings (SSSR count). The van der Waals surface area contributed by atoms with Crippen molar-refractivity contribution in [1.82, 2.24) is 20.1 Å². The summed E-state index contributed by atoms with van der Waals surface area (Å²) in [6.07, 6.45) is 5.28. The van der Waals surface area contributed by atoms with Crippen LogP contribution in [0.5, 0.6) is 5.75 Å². The number of hydrogen-bond acceptors (Lipinski definition) is 3. The van der Waals surface area contributed by atoms with Gasteiger partial charge in [0.15, 0.2) is 0 Å². The molecule has 0 unspecified atom stereocenters. The van der Waals surface area contributed by atoms with E-state index in [1.165, 1.54) is 16.5 Å². The highest BCUT2D eigenvalue weighted by atomic mass is 16.5. The summed E-state index contributed by atoms with van der Waals surface area (Å²) < 4.78 is 6.03. The first kappa shape index (κ1) is 19.9. The molecule has 3 heterocycles. The Kier molecular flexibility index (Phi) is 5.80. The van der Waals surface area contributed by atoms with Crippen LogP contribution in [0.1, 0.15) is 24.0 Å². The highest BCUT2D eigenvalue weighted by Crippen LogP contribution is 2.26. The second-order valence-electron chi connectivity index (χ2n) is 8.54. The zero-order valence-electron chi connectivity index (χ0n) is 17.8. The van der Waals surface area contributed by atoms with Crippen LogP contribution < -0.4 is 10.1 Å². The number of fused-ring (bicyclic) bond motifs is 1. The van der Waals surface area contributed by atoms with Crippen molar-refractivity contribution >= 4 is 16.9 Å². The van der Waals surface area contributed by atoms with Crippen LogP contribution in [0.3, 0.4) is 0 Å². The maximum absolute atomic E-state index is 11.9. The fourth-order valence-electron chi connectivity index (χ4n) is 4.76. The number of benzene rings is 2. The molecule has 2 amide bonds. The number of piperidine rings is 1. The number of rotatable bonds is 7. The molecule has 162 valence electrons. The Morgan fingerprint density at radius 1 is 1.03 bits per heavy atom. The van der Waals surface area contributed by atoms with Crippen LogP contribution in [-0.2, 0) is 13.0 Å². The Morgan fingerprint density at radius 3 is 2.65 bits per heavy atom. The molecular formula is C25H30N4O2. The molecule has 0 aliphatic carbocycles. The summed E-state index contributed by atoms with van der Waals surface area (Å²) in [7, 11) is 0. The third-order valence-electron chi connectivity index (χ3n) is 6.57. The highest BCUT2D eigenvalue weighted by Gasteiger charge is 2.30. The van der Waals surface area contributed by atoms with Crippen molar-refractivity contribution in [3.63, 3.8) is 0 Å². The summed E-state index contributed by atoms with van der Waals surface area (Å²) in [5.74, 6) is 0.905. The molecule has 31 heavy (non-hydrogen) atoms. The molecule has 3 aromatic rings. The van der Waals surface area contributed by atoms with E-state index in [1.807, 2.05) is 29.2 Å². The summed E-state index contributed by atoms with van der Waals surface area (Å²) in [5.41, 5.74) is 3.66. The van der Waals surface area contributed by atoms with Crippen molar-refractivity contribution in [1.29, 1.82) is 0 Å². The maximum atomic E-state index is 11.9. The number of likely N-dealkylation sites (tertiary alicyclic amines) is 1. The predicted molar refractivity (Wildman–Crippen MR) is 122 cm³/mol. The molecule has 0 saturated carbocycles. The lowest BCUT2D eigenvalue weighted by Gasteiger charge is -2.36. The van der Waals surface area contributed by atoms with Crippen LogP contribution in [0, 0.1) is 0 Å². The van der Waals surface area contributed by atoms with Crippen molar-refractivity contribution in [2.24, 2.45) is 0 Å². The van der Waals surface area contributed by atoms with E-state index >= 15 is 0 Å². The summed E-state index contributed by atoms with van der Waals surface area (Å²) in [4.78, 5) is 19.9. The van der Waals surface area contributed by atoms with Gasteiger partial charge in [0.05, 0.1) is 0 Å². The largest absolute Gasteiger partial charge is 0.489 e. The third kappa shape index (κ3) is 4.54. The lowest BCUT2D eigenvalue weighted by molar-refractivity contribution is 0.137. The number of aromatic nitrogens is 1. The quantitative estimate of drug-likeness (QED) is 0.614. The zero-order chi connectivity index (χ0) is 21.0. The minimum absolute atomic E-state index is 0.113. The molecular weight excluding hydrogens is 388 g/mol. The van der Waals surface area contributed by atoms with Crippen molar-refractivity contribution in [3.8, 4) is 5.75 Å². The lowest BCUT2D eigenvalue weighted by Crippen LogP contribution is -2.46. The molecule has 0 atom stereocenters. The Morgan fingerprint density at radius 2 is 1.87 bits per heavy atom. The molecule has 2 aliphatic rings. The van der Waals surface area contributed by atoms with Gasteiger partial charge in [-0.3, -0.25) is 0 Å². The summed E-state index contributed by atoms with van der Waals surface area (Å²) in [6.45, 7) is 5.38. The molecule has 1 aromatic heterocycles. The number of amides is 2. The normalized spacial score (nSPS) is 17.9. The minimum atomic E-state index is 0.113. The summed E-state index contributed by atoms with van der Waals surface area (Å²) in [6, 6.07) is 17.1. The number of nitrogens with zero attached hydrogens (tertiary/aromatic N) is 2. The zero-order valence-corrected chi connectivity index (χ0v) is 17.8. The Hall–Kier alpha value is -2.99. The van der Waals surface area contributed by atoms with Crippen LogP contribution >= 0.6 is 0 Å². The van der Waals surface area contributed by atoms with E-state index in [-0.39, 0.29) is 6.03 Å². The SMILES string of the molecule is O=C1NCCN1C1CCN(CCc2c[nH]c3ccc(OCc4ccccc4)cc23)CC1. The first-order valence-electron chi connectivity index (χ1n) is 11.3. The summed E-state index contributed by atoms with van der Waals surface area (Å²) in [5, 5.41) is 4.17. The maximum Gasteiger partial charge on any atom is 0.317 e. The van der Waals surface area contributed by atoms with Crippen LogP contribution in [0.2, 0.25) is 0 Å². The van der Waals surface area contributed by atoms with Gasteiger partial charge in [-0.25, -0.2) is 4.79 Å². The fraction of sp³-hybridized carbons (Fsp3) is 0.400. The molecule has 0 radical (unpaired) electrons. The number of hydrogen-bond donors (Lipinski definition) is 2. The van der Waals surface area contributed by atoms with Crippen molar-refractivity contribution in [2.45, 2.75) is 31.9 Å². The van der Waals surface area contributed by atoms with Gasteiger partial charge < -0.3 is 24.8 Å². The second kappa shape index (κ2) is 9.02. The standard InChI is InChI=1S/C25H30N4O2/c30-25-26-11-15-29(25)21-9-13-28(14-10-21)12-8-20-17-27-24-7-6-22(16-23(20)24)31-18-19-4-2-1-3-5-19/h1-7,16-17,21,27H,8-15,18H2,(H,26,30). The van der Waals surface area contributed by atoms with Crippen molar-refractivity contribution in [3.05, 3.63) is 65.9 Å². The number of urea groups is 1. The molecule has 2 aliphatic heterocycles. The van der Waals surface area contributed by atoms with Gasteiger partial charge in [0.2, 0.25) is 0 Å². The first-order chi connectivity index (χ1) is 15.3. The van der Waals surface area contributed by atoms with E-state index < -0.39 is 0 Å². The average molecular weight is 419 g/mol. The first-order valence-corrected chi connectivity index (χ1v) is 11.3. The van der Waals surface area contributed by atoms with E-state index in [9.17, 15) is 4.79 Å². The van der Waals surface area contributed by atoms with E-state index in [2.05, 4.69) is 45.7 Å². The molecule has 2 fully saturated rings. The van der Waals surface area contributed by atoms with Crippen LogP contribution in [0.4, 0.5) is 4.79 Å². The number of aromatic amines is 1. The van der Waals surface area contributed by atoms with Crippen LogP contribution in [0.15, 0.2) is 54.7 Å². The monoisotopic (exact) mass is 418 g/mol. The molecule has 6 nitrogen and oxygen atoms in total. The Labute approximate surface area is 183 Å².